The largest absolute Gasteiger partial charge is 0.772 e. The van der Waals surface area contributed by atoms with Gasteiger partial charge in [0.25, 0.3) is 5.91 Å². The molecule has 3 aromatic rings. The number of aromatic nitrogens is 2. The van der Waals surface area contributed by atoms with Crippen LogP contribution in [0.2, 0.25) is 0 Å². The van der Waals surface area contributed by atoms with Gasteiger partial charge in [-0.15, -0.1) is 0 Å². The molecule has 192 valence electrons. The minimum atomic E-state index is -5.32. The zero-order valence-electron chi connectivity index (χ0n) is 18.1. The highest BCUT2D eigenvalue weighted by Crippen LogP contribution is 2.36. The molecular formula is C22H15F7N3O3S-. The van der Waals surface area contributed by atoms with Gasteiger partial charge in [0.15, 0.2) is 0 Å². The Kier molecular flexibility index (Phi) is 7.79. The third-order valence-corrected chi connectivity index (χ3v) is 5.73. The van der Waals surface area contributed by atoms with E-state index < -0.39 is 63.9 Å². The van der Waals surface area contributed by atoms with Crippen molar-refractivity contribution in [1.29, 1.82) is 0 Å². The maximum atomic E-state index is 14.5. The molecule has 2 aromatic heterocycles. The van der Waals surface area contributed by atoms with E-state index in [1.54, 1.807) is 0 Å². The molecule has 2 heterocycles. The van der Waals surface area contributed by atoms with Crippen molar-refractivity contribution in [3.8, 4) is 11.1 Å². The number of anilines is 1. The van der Waals surface area contributed by atoms with Gasteiger partial charge >= 0.3 is 12.4 Å². The first-order valence-electron chi connectivity index (χ1n) is 9.95. The second-order valence-electron chi connectivity index (χ2n) is 7.48. The Balaban J connectivity index is 2.24. The summed E-state index contributed by atoms with van der Waals surface area (Å²) in [4.78, 5) is 20.4. The quantitative estimate of drug-likeness (QED) is 0.319. The average Bonchev–Trinajstić information content (AvgIpc) is 2.81. The molecule has 0 aliphatic heterocycles. The fourth-order valence-corrected chi connectivity index (χ4v) is 3.49. The van der Waals surface area contributed by atoms with E-state index in [-0.39, 0.29) is 28.9 Å². The zero-order valence-corrected chi connectivity index (χ0v) is 18.9. The van der Waals surface area contributed by atoms with E-state index in [4.69, 9.17) is 0 Å². The van der Waals surface area contributed by atoms with E-state index in [2.05, 4.69) is 9.97 Å². The van der Waals surface area contributed by atoms with Crippen LogP contribution in [0.1, 0.15) is 28.7 Å². The Labute approximate surface area is 202 Å². The summed E-state index contributed by atoms with van der Waals surface area (Å²) in [5, 5.41) is -1.31. The summed E-state index contributed by atoms with van der Waals surface area (Å²) in [6, 6.07) is 6.77. The molecule has 36 heavy (non-hydrogen) atoms. The third kappa shape index (κ3) is 6.05. The van der Waals surface area contributed by atoms with Crippen molar-refractivity contribution in [2.45, 2.75) is 24.5 Å². The molecule has 14 heteroatoms. The molecule has 0 radical (unpaired) electrons. The van der Waals surface area contributed by atoms with Crippen LogP contribution in [0.25, 0.3) is 11.1 Å². The lowest BCUT2D eigenvalue weighted by Gasteiger charge is -2.29. The molecule has 1 aromatic carbocycles. The molecule has 0 saturated heterocycles. The summed E-state index contributed by atoms with van der Waals surface area (Å²) in [7, 11) is 0. The average molecular weight is 534 g/mol. The fourth-order valence-electron chi connectivity index (χ4n) is 3.22. The van der Waals surface area contributed by atoms with Crippen molar-refractivity contribution in [3.05, 3.63) is 77.6 Å². The third-order valence-electron chi connectivity index (χ3n) is 4.92. The summed E-state index contributed by atoms with van der Waals surface area (Å²) < 4.78 is 117. The molecule has 0 aliphatic carbocycles. The van der Waals surface area contributed by atoms with Crippen LogP contribution in [0.3, 0.4) is 0 Å². The number of alkyl halides is 6. The Morgan fingerprint density at radius 2 is 1.61 bits per heavy atom. The van der Waals surface area contributed by atoms with Crippen molar-refractivity contribution in [1.82, 2.24) is 9.97 Å². The molecule has 0 spiro atoms. The Morgan fingerprint density at radius 1 is 1.03 bits per heavy atom. The molecular weight excluding hydrogens is 519 g/mol. The summed E-state index contributed by atoms with van der Waals surface area (Å²) >= 11 is -2.78. The molecule has 6 nitrogen and oxygen atoms in total. The van der Waals surface area contributed by atoms with Crippen LogP contribution in [0.4, 0.5) is 36.4 Å². The van der Waals surface area contributed by atoms with Crippen LogP contribution in [-0.4, -0.2) is 36.4 Å². The van der Waals surface area contributed by atoms with Gasteiger partial charge in [-0.2, -0.15) is 26.3 Å². The topological polar surface area (TPSA) is 86.2 Å². The minimum absolute atomic E-state index is 0.00137. The first kappa shape index (κ1) is 27.2. The first-order chi connectivity index (χ1) is 16.7. The Bertz CT molecular complexity index is 1270. The maximum Gasteiger partial charge on any atom is 0.433 e. The molecule has 2 unspecified atom stereocenters. The van der Waals surface area contributed by atoms with E-state index >= 15 is 0 Å². The molecule has 0 aliphatic rings. The standard InChI is InChI=1S/C22H16F7N3O3S/c1-12(36(34)35)11-32(17-10-30-7-6-15(17)14-4-2-3-5-16(14)23)20(33)13-8-18(21(24,25)26)31-19(9-13)22(27,28)29/h2-10,12H,11H2,1H3,(H,34,35)/p-1. The SMILES string of the molecule is CC(CN(C(=O)c1cc(C(F)(F)F)nc(C(F)(F)F)c1)c1cnccc1-c1ccccc1F)S(=O)[O-]. The highest BCUT2D eigenvalue weighted by atomic mass is 32.2. The Morgan fingerprint density at radius 3 is 2.14 bits per heavy atom. The second kappa shape index (κ2) is 10.3. The van der Waals surface area contributed by atoms with Gasteiger partial charge in [0.1, 0.15) is 17.2 Å². The highest BCUT2D eigenvalue weighted by molar-refractivity contribution is 7.79. The van der Waals surface area contributed by atoms with Gasteiger partial charge in [-0.3, -0.25) is 14.0 Å². The summed E-state index contributed by atoms with van der Waals surface area (Å²) in [5.74, 6) is -2.16. The van der Waals surface area contributed by atoms with E-state index in [0.717, 1.165) is 19.2 Å². The minimum Gasteiger partial charge on any atom is -0.772 e. The number of halogens is 7. The zero-order chi connectivity index (χ0) is 26.8. The van der Waals surface area contributed by atoms with Gasteiger partial charge in [0.05, 0.1) is 11.9 Å². The van der Waals surface area contributed by atoms with Crippen molar-refractivity contribution < 1.29 is 44.3 Å². The lowest BCUT2D eigenvalue weighted by Crippen LogP contribution is -2.39. The van der Waals surface area contributed by atoms with Crippen molar-refractivity contribution >= 4 is 22.7 Å². The fraction of sp³-hybridized carbons (Fsp3) is 0.227. The summed E-state index contributed by atoms with van der Waals surface area (Å²) in [5.41, 5.74) is -5.30. The van der Waals surface area contributed by atoms with Crippen LogP contribution in [0.5, 0.6) is 0 Å². The number of hydrogen-bond acceptors (Lipinski definition) is 5. The summed E-state index contributed by atoms with van der Waals surface area (Å²) in [6.07, 6.45) is -8.40. The van der Waals surface area contributed by atoms with E-state index in [1.807, 2.05) is 0 Å². The predicted octanol–water partition coefficient (Wildman–Crippen LogP) is 5.23. The molecule has 0 fully saturated rings. The van der Waals surface area contributed by atoms with Gasteiger partial charge in [0.2, 0.25) is 0 Å². The molecule has 0 bridgehead atoms. The van der Waals surface area contributed by atoms with E-state index in [9.17, 15) is 44.3 Å². The lowest BCUT2D eigenvalue weighted by molar-refractivity contribution is -0.150. The van der Waals surface area contributed by atoms with Crippen molar-refractivity contribution in [2.75, 3.05) is 11.4 Å². The molecule has 1 amide bonds. The number of hydrogen-bond donors (Lipinski definition) is 0. The van der Waals surface area contributed by atoms with Gasteiger partial charge in [0, 0.05) is 34.7 Å². The number of rotatable bonds is 6. The number of benzene rings is 1. The monoisotopic (exact) mass is 534 g/mol. The number of carbonyl (C=O) groups excluding carboxylic acids is 1. The van der Waals surface area contributed by atoms with Gasteiger partial charge in [-0.05, 0) is 24.3 Å². The van der Waals surface area contributed by atoms with Crippen LogP contribution >= 0.6 is 0 Å². The van der Waals surface area contributed by atoms with Crippen LogP contribution < -0.4 is 4.90 Å². The predicted molar refractivity (Wildman–Crippen MR) is 114 cm³/mol. The van der Waals surface area contributed by atoms with Crippen LogP contribution in [0.15, 0.2) is 54.9 Å². The van der Waals surface area contributed by atoms with Gasteiger partial charge in [-0.25, -0.2) is 9.37 Å². The normalized spacial score (nSPS) is 13.8. The first-order valence-corrected chi connectivity index (χ1v) is 11.1. The lowest BCUT2D eigenvalue weighted by atomic mass is 10.0. The molecule has 0 N–H and O–H groups in total. The second-order valence-corrected chi connectivity index (χ2v) is 8.81. The summed E-state index contributed by atoms with van der Waals surface area (Å²) in [6.45, 7) is 0.477. The highest BCUT2D eigenvalue weighted by Gasteiger charge is 2.40. The van der Waals surface area contributed by atoms with E-state index in [1.165, 1.54) is 30.5 Å². The number of nitrogens with zero attached hydrogens (tertiary/aromatic N) is 3. The smallest absolute Gasteiger partial charge is 0.433 e. The molecule has 2 atom stereocenters. The van der Waals surface area contributed by atoms with Crippen molar-refractivity contribution in [2.24, 2.45) is 0 Å². The maximum absolute atomic E-state index is 14.5. The van der Waals surface area contributed by atoms with Crippen LogP contribution in [-0.2, 0) is 23.4 Å². The number of pyridine rings is 2. The molecule has 0 saturated carbocycles. The number of carbonyl (C=O) groups is 1. The number of amides is 1. The van der Waals surface area contributed by atoms with Crippen LogP contribution in [0, 0.1) is 5.82 Å². The van der Waals surface area contributed by atoms with Gasteiger partial charge in [-0.1, -0.05) is 36.2 Å². The molecule has 3 rings (SSSR count). The van der Waals surface area contributed by atoms with E-state index in [0.29, 0.717) is 4.90 Å². The Hall–Kier alpha value is -3.39. The van der Waals surface area contributed by atoms with Crippen molar-refractivity contribution in [3.63, 3.8) is 0 Å². The van der Waals surface area contributed by atoms with Gasteiger partial charge < -0.3 is 9.45 Å².